The largest absolute Gasteiger partial charge is 0.353 e. The predicted octanol–water partition coefficient (Wildman–Crippen LogP) is 1.44. The van der Waals surface area contributed by atoms with Crippen LogP contribution in [0.1, 0.15) is 32.2 Å². The minimum atomic E-state index is -3.63. The van der Waals surface area contributed by atoms with Gasteiger partial charge >= 0.3 is 0 Å². The molecule has 30 heavy (non-hydrogen) atoms. The normalized spacial score (nSPS) is 16.5. The summed E-state index contributed by atoms with van der Waals surface area (Å²) in [6, 6.07) is 0. The Morgan fingerprint density at radius 3 is 2.30 bits per heavy atom. The molecule has 0 spiro atoms. The van der Waals surface area contributed by atoms with Crippen molar-refractivity contribution >= 4 is 26.9 Å². The van der Waals surface area contributed by atoms with Crippen molar-refractivity contribution in [3.8, 4) is 0 Å². The number of hydrogen-bond acceptors (Lipinski definition) is 7. The molecule has 0 amide bonds. The van der Waals surface area contributed by atoms with Gasteiger partial charge in [-0.05, 0) is 34.6 Å². The first kappa shape index (κ1) is 20.7. The Morgan fingerprint density at radius 1 is 1.03 bits per heavy atom. The van der Waals surface area contributed by atoms with Crippen LogP contribution in [0.3, 0.4) is 0 Å². The zero-order chi connectivity index (χ0) is 21.8. The second kappa shape index (κ2) is 7.02. The first-order valence-corrected chi connectivity index (χ1v) is 11.4. The van der Waals surface area contributed by atoms with Crippen LogP contribution in [0.5, 0.6) is 0 Å². The maximum Gasteiger partial charge on any atom is 0.246 e. The van der Waals surface area contributed by atoms with Crippen LogP contribution in [0.4, 0.5) is 5.82 Å². The van der Waals surface area contributed by atoms with Crippen molar-refractivity contribution < 1.29 is 8.42 Å². The van der Waals surface area contributed by atoms with Crippen molar-refractivity contribution in [3.63, 3.8) is 0 Å². The Kier molecular flexibility index (Phi) is 4.85. The number of aryl methyl sites for hydroxylation is 2. The number of hydrogen-bond donors (Lipinski definition) is 0. The van der Waals surface area contributed by atoms with E-state index < -0.39 is 10.0 Å². The number of aromatic nitrogens is 6. The molecule has 1 saturated heterocycles. The maximum absolute atomic E-state index is 13.4. The van der Waals surface area contributed by atoms with E-state index in [4.69, 9.17) is 0 Å². The van der Waals surface area contributed by atoms with Crippen molar-refractivity contribution in [2.24, 2.45) is 7.05 Å². The SMILES string of the molecule is Cc1nn(C(C)(C)C)c(C)c1S(=O)(=O)N1CCN(c2ncnc3c2cnn3C)CC1. The van der Waals surface area contributed by atoms with Gasteiger partial charge in [-0.2, -0.15) is 14.5 Å². The number of fused-ring (bicyclic) bond motifs is 1. The topological polar surface area (TPSA) is 102 Å². The van der Waals surface area contributed by atoms with E-state index in [9.17, 15) is 8.42 Å². The molecule has 0 aliphatic carbocycles. The van der Waals surface area contributed by atoms with Gasteiger partial charge < -0.3 is 4.90 Å². The Balaban J connectivity index is 1.59. The highest BCUT2D eigenvalue weighted by Gasteiger charge is 2.35. The van der Waals surface area contributed by atoms with Crippen LogP contribution in [-0.2, 0) is 22.6 Å². The fraction of sp³-hybridized carbons (Fsp3) is 0.579. The van der Waals surface area contributed by atoms with Gasteiger partial charge in [0.2, 0.25) is 10.0 Å². The van der Waals surface area contributed by atoms with Gasteiger partial charge in [-0.15, -0.1) is 0 Å². The van der Waals surface area contributed by atoms with Crippen LogP contribution in [0.15, 0.2) is 17.4 Å². The molecule has 3 aromatic rings. The molecular weight excluding hydrogens is 404 g/mol. The standard InChI is InChI=1S/C19H28N8O2S/c1-13-16(14(2)27(23-13)19(3,4)5)30(28,29)26-9-7-25(8-10-26)18-15-11-22-24(6)17(15)20-12-21-18/h11-12H,7-10H2,1-6H3. The van der Waals surface area contributed by atoms with Gasteiger partial charge in [0.1, 0.15) is 17.0 Å². The van der Waals surface area contributed by atoms with Gasteiger partial charge in [0.05, 0.1) is 28.5 Å². The molecule has 3 aromatic heterocycles. The Labute approximate surface area is 176 Å². The summed E-state index contributed by atoms with van der Waals surface area (Å²) in [5, 5.41) is 9.64. The van der Waals surface area contributed by atoms with Crippen molar-refractivity contribution in [2.45, 2.75) is 45.1 Å². The molecule has 0 saturated carbocycles. The lowest BCUT2D eigenvalue weighted by atomic mass is 10.1. The lowest BCUT2D eigenvalue weighted by Crippen LogP contribution is -2.49. The second-order valence-electron chi connectivity index (χ2n) is 8.68. The minimum Gasteiger partial charge on any atom is -0.353 e. The van der Waals surface area contributed by atoms with Crippen LogP contribution in [-0.4, -0.2) is 68.4 Å². The summed E-state index contributed by atoms with van der Waals surface area (Å²) >= 11 is 0. The van der Waals surface area contributed by atoms with E-state index in [1.54, 1.807) is 26.8 Å². The molecular formula is C19H28N8O2S. The van der Waals surface area contributed by atoms with E-state index in [0.717, 1.165) is 16.9 Å². The minimum absolute atomic E-state index is 0.288. The third-order valence-electron chi connectivity index (χ3n) is 5.50. The fourth-order valence-corrected chi connectivity index (χ4v) is 5.90. The highest BCUT2D eigenvalue weighted by atomic mass is 32.2. The van der Waals surface area contributed by atoms with Crippen LogP contribution in [0.25, 0.3) is 11.0 Å². The van der Waals surface area contributed by atoms with Gasteiger partial charge in [0.15, 0.2) is 5.65 Å². The monoisotopic (exact) mass is 432 g/mol. The molecule has 1 aliphatic heterocycles. The molecule has 0 radical (unpaired) electrons. The molecule has 0 atom stereocenters. The van der Waals surface area contributed by atoms with E-state index in [-0.39, 0.29) is 5.54 Å². The van der Waals surface area contributed by atoms with Gasteiger partial charge in [0, 0.05) is 33.2 Å². The number of sulfonamides is 1. The quantitative estimate of drug-likeness (QED) is 0.617. The predicted molar refractivity (Wildman–Crippen MR) is 114 cm³/mol. The van der Waals surface area contributed by atoms with Gasteiger partial charge in [-0.25, -0.2) is 18.4 Å². The van der Waals surface area contributed by atoms with Gasteiger partial charge in [-0.3, -0.25) is 9.36 Å². The molecule has 0 bridgehead atoms. The van der Waals surface area contributed by atoms with E-state index in [2.05, 4.69) is 25.1 Å². The highest BCUT2D eigenvalue weighted by Crippen LogP contribution is 2.29. The molecule has 162 valence electrons. The molecule has 0 unspecified atom stereocenters. The third-order valence-corrected chi connectivity index (χ3v) is 7.66. The molecule has 0 aromatic carbocycles. The Morgan fingerprint density at radius 2 is 1.70 bits per heavy atom. The molecule has 4 rings (SSSR count). The van der Waals surface area contributed by atoms with Crippen LogP contribution in [0, 0.1) is 13.8 Å². The lowest BCUT2D eigenvalue weighted by Gasteiger charge is -2.34. The smallest absolute Gasteiger partial charge is 0.246 e. The van der Waals surface area contributed by atoms with E-state index in [1.165, 1.54) is 6.33 Å². The summed E-state index contributed by atoms with van der Waals surface area (Å²) in [6.07, 6.45) is 3.28. The third kappa shape index (κ3) is 3.25. The number of rotatable bonds is 3. The lowest BCUT2D eigenvalue weighted by molar-refractivity contribution is 0.345. The molecule has 1 fully saturated rings. The number of piperazine rings is 1. The molecule has 1 aliphatic rings. The van der Waals surface area contributed by atoms with Crippen LogP contribution < -0.4 is 4.90 Å². The van der Waals surface area contributed by atoms with Crippen molar-refractivity contribution in [3.05, 3.63) is 23.9 Å². The molecule has 11 heteroatoms. The molecule has 10 nitrogen and oxygen atoms in total. The second-order valence-corrected chi connectivity index (χ2v) is 10.6. The van der Waals surface area contributed by atoms with Crippen molar-refractivity contribution in [1.82, 2.24) is 33.8 Å². The average molecular weight is 433 g/mol. The zero-order valence-corrected chi connectivity index (χ0v) is 19.1. The van der Waals surface area contributed by atoms with Crippen molar-refractivity contribution in [1.29, 1.82) is 0 Å². The fourth-order valence-electron chi connectivity index (χ4n) is 4.13. The highest BCUT2D eigenvalue weighted by molar-refractivity contribution is 7.89. The van der Waals surface area contributed by atoms with Gasteiger partial charge in [0.25, 0.3) is 0 Å². The number of anilines is 1. The summed E-state index contributed by atoms with van der Waals surface area (Å²) in [6.45, 7) is 11.5. The Hall–Kier alpha value is -2.53. The molecule has 4 heterocycles. The summed E-state index contributed by atoms with van der Waals surface area (Å²) in [5.41, 5.74) is 1.69. The average Bonchev–Trinajstić information content (AvgIpc) is 3.21. The first-order valence-electron chi connectivity index (χ1n) is 9.96. The summed E-state index contributed by atoms with van der Waals surface area (Å²) in [4.78, 5) is 11.1. The first-order chi connectivity index (χ1) is 14.0. The molecule has 0 N–H and O–H groups in total. The van der Waals surface area contributed by atoms with E-state index in [0.29, 0.717) is 42.5 Å². The summed E-state index contributed by atoms with van der Waals surface area (Å²) < 4.78 is 31.9. The summed E-state index contributed by atoms with van der Waals surface area (Å²) in [7, 11) is -1.79. The number of nitrogens with zero attached hydrogens (tertiary/aromatic N) is 8. The Bertz CT molecular complexity index is 1200. The van der Waals surface area contributed by atoms with Crippen LogP contribution >= 0.6 is 0 Å². The maximum atomic E-state index is 13.4. The van der Waals surface area contributed by atoms with Crippen molar-refractivity contribution in [2.75, 3.05) is 31.1 Å². The summed E-state index contributed by atoms with van der Waals surface area (Å²) in [5.74, 6) is 0.790. The van der Waals surface area contributed by atoms with Gasteiger partial charge in [-0.1, -0.05) is 0 Å². The van der Waals surface area contributed by atoms with Crippen LogP contribution in [0.2, 0.25) is 0 Å². The van der Waals surface area contributed by atoms with E-state index >= 15 is 0 Å². The zero-order valence-electron chi connectivity index (χ0n) is 18.3. The van der Waals surface area contributed by atoms with E-state index in [1.807, 2.05) is 34.7 Å².